The number of hydrogen-bond acceptors (Lipinski definition) is 3. The maximum absolute atomic E-state index is 12.2. The minimum atomic E-state index is -0.131. The lowest BCUT2D eigenvalue weighted by Gasteiger charge is -2.60. The monoisotopic (exact) mass is 620 g/mol. The molecule has 29 heavy (non-hydrogen) atoms. The second-order valence-electron chi connectivity index (χ2n) is 11.5. The van der Waals surface area contributed by atoms with Crippen molar-refractivity contribution in [1.29, 1.82) is 0 Å². The molecule has 1 spiro atoms. The minimum Gasteiger partial charge on any atom is -0.458 e. The molecule has 10 atom stereocenters. The Hall–Kier alpha value is 0.340. The molecule has 1 aliphatic heterocycles. The van der Waals surface area contributed by atoms with Crippen molar-refractivity contribution in [1.82, 2.24) is 0 Å². The first kappa shape index (κ1) is 20.0. The Labute approximate surface area is 196 Å². The van der Waals surface area contributed by atoms with Gasteiger partial charge in [-0.15, -0.1) is 0 Å². The molecule has 7 aliphatic rings. The Kier molecular flexibility index (Phi) is 4.29. The third-order valence-corrected chi connectivity index (χ3v) is 10.9. The van der Waals surface area contributed by atoms with Gasteiger partial charge in [0.1, 0.15) is 5.60 Å². The van der Waals surface area contributed by atoms with Gasteiger partial charge in [0, 0.05) is 61.4 Å². The summed E-state index contributed by atoms with van der Waals surface area (Å²) in [6.07, 6.45) is 10.6. The van der Waals surface area contributed by atoms with Gasteiger partial charge in [0.15, 0.2) is 5.78 Å². The van der Waals surface area contributed by atoms with E-state index in [1.807, 2.05) is 0 Å². The number of carbonyl (C=O) groups excluding carboxylic acids is 2. The van der Waals surface area contributed by atoms with E-state index < -0.39 is 0 Å². The average Bonchev–Trinajstić information content (AvgIpc) is 3.61. The first-order valence-corrected chi connectivity index (χ1v) is 17.8. The number of hydrogen-bond donors (Lipinski definition) is 0. The highest BCUT2D eigenvalue weighted by molar-refractivity contribution is 15.0. The molecule has 158 valence electrons. The van der Waals surface area contributed by atoms with E-state index in [9.17, 15) is 9.59 Å². The fraction of sp³-hybridized carbons (Fsp3) is 0.833. The number of halogens is 2. The van der Waals surface area contributed by atoms with Crippen LogP contribution in [0.3, 0.4) is 0 Å². The zero-order valence-corrected chi connectivity index (χ0v) is 21.6. The molecule has 3 unspecified atom stereocenters. The molecule has 0 bridgehead atoms. The van der Waals surface area contributed by atoms with Crippen LogP contribution in [-0.4, -0.2) is 17.4 Å². The fourth-order valence-electron chi connectivity index (χ4n) is 9.74. The van der Waals surface area contributed by atoms with Crippen molar-refractivity contribution in [2.75, 3.05) is 0 Å². The van der Waals surface area contributed by atoms with Gasteiger partial charge in [-0.25, -0.2) is 0 Å². The van der Waals surface area contributed by atoms with E-state index in [0.717, 1.165) is 48.9 Å². The van der Waals surface area contributed by atoms with Gasteiger partial charge in [0.05, 0.1) is 0 Å². The van der Waals surface area contributed by atoms with Crippen LogP contribution in [-0.2, 0) is 14.3 Å². The quantitative estimate of drug-likeness (QED) is 0.244. The molecule has 3 nitrogen and oxygen atoms in total. The summed E-state index contributed by atoms with van der Waals surface area (Å²) < 4.78 is 6.22. The molecule has 7 rings (SSSR count). The van der Waals surface area contributed by atoms with Crippen LogP contribution in [0.2, 0.25) is 0 Å². The maximum atomic E-state index is 12.2. The largest absolute Gasteiger partial charge is 0.458 e. The van der Waals surface area contributed by atoms with E-state index >= 15 is 0 Å². The van der Waals surface area contributed by atoms with Gasteiger partial charge in [-0.05, 0) is 85.5 Å². The molecule has 0 aromatic heterocycles. The Balaban J connectivity index is 0.000000803. The van der Waals surface area contributed by atoms with Gasteiger partial charge in [-0.2, -0.15) is 0 Å². The molecule has 1 saturated heterocycles. The third kappa shape index (κ3) is 2.31. The Morgan fingerprint density at radius 3 is 2.52 bits per heavy atom. The Morgan fingerprint density at radius 1 is 1.00 bits per heavy atom. The van der Waals surface area contributed by atoms with Crippen LogP contribution in [0.5, 0.6) is 0 Å². The van der Waals surface area contributed by atoms with Crippen LogP contribution >= 0.6 is 37.2 Å². The summed E-state index contributed by atoms with van der Waals surface area (Å²) in [6.45, 7) is 4.99. The third-order valence-electron chi connectivity index (χ3n) is 10.9. The number of carbonyl (C=O) groups is 2. The number of esters is 1. The smallest absolute Gasteiger partial charge is 0.306 e. The van der Waals surface area contributed by atoms with Crippen LogP contribution in [0.25, 0.3) is 0 Å². The number of ketones is 1. The van der Waals surface area contributed by atoms with Crippen LogP contribution in [0.1, 0.15) is 65.2 Å². The minimum absolute atomic E-state index is 0.0561. The molecule has 6 fully saturated rings. The number of fused-ring (bicyclic) bond motifs is 12. The summed E-state index contributed by atoms with van der Waals surface area (Å²) in [6, 6.07) is 0. The molecule has 0 radical (unpaired) electrons. The molecule has 0 aromatic rings. The highest BCUT2D eigenvalue weighted by Crippen LogP contribution is 2.82. The van der Waals surface area contributed by atoms with Crippen molar-refractivity contribution in [3.8, 4) is 0 Å². The van der Waals surface area contributed by atoms with Crippen molar-refractivity contribution >= 4 is 49.0 Å². The molecule has 1 heterocycles. The van der Waals surface area contributed by atoms with Crippen molar-refractivity contribution in [2.24, 2.45) is 52.3 Å². The zero-order valence-electron chi connectivity index (χ0n) is 17.3. The van der Waals surface area contributed by atoms with E-state index in [4.69, 9.17) is 4.74 Å². The first-order valence-electron chi connectivity index (χ1n) is 11.5. The van der Waals surface area contributed by atoms with Crippen LogP contribution in [0.15, 0.2) is 11.6 Å². The lowest BCUT2D eigenvalue weighted by atomic mass is 9.45. The average molecular weight is 620 g/mol. The van der Waals surface area contributed by atoms with Gasteiger partial charge >= 0.3 is 5.97 Å². The van der Waals surface area contributed by atoms with Crippen molar-refractivity contribution in [2.45, 2.75) is 70.8 Å². The van der Waals surface area contributed by atoms with E-state index in [2.05, 4.69) is 57.2 Å². The van der Waals surface area contributed by atoms with Gasteiger partial charge in [-0.3, -0.25) is 9.59 Å². The predicted molar refractivity (Wildman–Crippen MR) is 128 cm³/mol. The van der Waals surface area contributed by atoms with E-state index in [-0.39, 0.29) is 22.4 Å². The van der Waals surface area contributed by atoms with Gasteiger partial charge in [0.2, 0.25) is 0 Å². The Morgan fingerprint density at radius 2 is 1.79 bits per heavy atom. The first-order chi connectivity index (χ1) is 13.9. The highest BCUT2D eigenvalue weighted by Gasteiger charge is 2.81. The molecule has 6 aliphatic carbocycles. The molecule has 5 saturated carbocycles. The van der Waals surface area contributed by atoms with Crippen LogP contribution < -0.4 is 0 Å². The van der Waals surface area contributed by atoms with E-state index in [0.29, 0.717) is 24.0 Å². The molecule has 0 N–H and O–H groups in total. The van der Waals surface area contributed by atoms with Gasteiger partial charge in [-0.1, -0.05) is 19.4 Å². The lowest BCUT2D eigenvalue weighted by molar-refractivity contribution is -0.177. The zero-order chi connectivity index (χ0) is 20.3. The summed E-state index contributed by atoms with van der Waals surface area (Å²) in [5.41, 5.74) is 1.85. The topological polar surface area (TPSA) is 43.4 Å². The number of allylic oxidation sites excluding steroid dienone is 1. The predicted octanol–water partition coefficient (Wildman–Crippen LogP) is 6.08. The second-order valence-corrected chi connectivity index (χ2v) is 11.5. The second kappa shape index (κ2) is 6.22. The summed E-state index contributed by atoms with van der Waals surface area (Å²) >= 11 is 4.24. The Bertz CT molecular complexity index is 838. The molecular weight excluding hydrogens is 590 g/mol. The molecule has 5 heteroatoms. The van der Waals surface area contributed by atoms with Crippen molar-refractivity contribution < 1.29 is 14.3 Å². The summed E-state index contributed by atoms with van der Waals surface area (Å²) in [7, 11) is 0. The van der Waals surface area contributed by atoms with Crippen molar-refractivity contribution in [3.63, 3.8) is 0 Å². The molecule has 0 aromatic carbocycles. The molecule has 0 amide bonds. The summed E-state index contributed by atoms with van der Waals surface area (Å²) in [4.78, 5) is 24.3. The lowest BCUT2D eigenvalue weighted by Crippen LogP contribution is -2.57. The van der Waals surface area contributed by atoms with Crippen molar-refractivity contribution in [3.05, 3.63) is 11.6 Å². The number of rotatable bonds is 0. The fourth-order valence-corrected chi connectivity index (χ4v) is 9.74. The standard InChI is InChI=1S/C24H30O3.I2/c1-22-6-3-12(25)9-17(22)13-10-14(13)20-16(22)4-7-23(2)21(20)15-11-18(15)24(23)8-5-19(26)27-24;1-2/h9,13-16,18,20-21H,3-8,10-11H2,1-2H3;/t13-,14+,15-,16?,18+,20?,21?,22-,23+,24+;/m1./s1. The number of ether oxygens (including phenoxy) is 1. The normalized spacial score (nSPS) is 57.9. The van der Waals surface area contributed by atoms with E-state index in [1.165, 1.54) is 31.3 Å². The highest BCUT2D eigenvalue weighted by atomic mass is 128. The van der Waals surface area contributed by atoms with Gasteiger partial charge in [0.25, 0.3) is 0 Å². The summed E-state index contributed by atoms with van der Waals surface area (Å²) in [5.74, 6) is 5.65. The van der Waals surface area contributed by atoms with Crippen LogP contribution in [0, 0.1) is 52.3 Å². The SMILES string of the molecule is C[C@]12CCC(=O)C=C1[C@@H]1C[C@@H]1C1C2CC[C@@]2(C)C1[C@@H]1C[C@@H]1[C@@]21CCC(=O)O1.II. The van der Waals surface area contributed by atoms with E-state index in [1.54, 1.807) is 0 Å². The molecular formula is C24H30I2O3. The maximum Gasteiger partial charge on any atom is 0.306 e. The summed E-state index contributed by atoms with van der Waals surface area (Å²) in [5, 5.41) is 0. The van der Waals surface area contributed by atoms with Crippen LogP contribution in [0.4, 0.5) is 0 Å². The van der Waals surface area contributed by atoms with Gasteiger partial charge < -0.3 is 4.74 Å².